The molecule has 28 heavy (non-hydrogen) atoms. The maximum Gasteiger partial charge on any atom is 0.316 e. The summed E-state index contributed by atoms with van der Waals surface area (Å²) in [5, 5.41) is 8.73. The van der Waals surface area contributed by atoms with Crippen LogP contribution in [-0.4, -0.2) is 23.7 Å². The highest BCUT2D eigenvalue weighted by molar-refractivity contribution is 5.85. The number of carbonyl (C=O) groups excluding carboxylic acids is 2. The summed E-state index contributed by atoms with van der Waals surface area (Å²) in [6.07, 6.45) is 21.3. The van der Waals surface area contributed by atoms with E-state index in [4.69, 9.17) is 9.84 Å². The van der Waals surface area contributed by atoms with Gasteiger partial charge in [0.15, 0.2) is 0 Å². The molecule has 0 amide bonds. The first kappa shape index (κ1) is 27.1. The zero-order chi connectivity index (χ0) is 20.9. The van der Waals surface area contributed by atoms with Crippen LogP contribution in [0.1, 0.15) is 129 Å². The molecule has 166 valence electrons. The molecule has 0 rings (SSSR count). The third kappa shape index (κ3) is 18.5. The molecule has 0 saturated heterocycles. The van der Waals surface area contributed by atoms with E-state index in [1.165, 1.54) is 84.0 Å². The SMILES string of the molecule is CCCCC(CCCCCCCCCCCCCCCCO)C(=O)OC(C)=O. The largest absolute Gasteiger partial charge is 0.396 e. The maximum absolute atomic E-state index is 12.0. The van der Waals surface area contributed by atoms with Crippen LogP contribution in [0, 0.1) is 5.92 Å². The van der Waals surface area contributed by atoms with E-state index in [2.05, 4.69) is 6.92 Å². The number of esters is 2. The number of aliphatic hydroxyl groups excluding tert-OH is 1. The summed E-state index contributed by atoms with van der Waals surface area (Å²) >= 11 is 0. The van der Waals surface area contributed by atoms with Crippen LogP contribution < -0.4 is 0 Å². The molecule has 0 aromatic heterocycles. The third-order valence-corrected chi connectivity index (χ3v) is 5.44. The molecule has 0 radical (unpaired) electrons. The van der Waals surface area contributed by atoms with Gasteiger partial charge in [-0.2, -0.15) is 0 Å². The summed E-state index contributed by atoms with van der Waals surface area (Å²) in [7, 11) is 0. The lowest BCUT2D eigenvalue weighted by Crippen LogP contribution is -2.20. The summed E-state index contributed by atoms with van der Waals surface area (Å²) in [5.41, 5.74) is 0. The summed E-state index contributed by atoms with van der Waals surface area (Å²) in [4.78, 5) is 23.0. The van der Waals surface area contributed by atoms with Crippen LogP contribution in [-0.2, 0) is 14.3 Å². The molecule has 0 aliphatic heterocycles. The van der Waals surface area contributed by atoms with E-state index in [0.717, 1.165) is 38.5 Å². The molecule has 1 unspecified atom stereocenters. The Kier molecular flexibility index (Phi) is 20.2. The number of unbranched alkanes of at least 4 members (excludes halogenated alkanes) is 14. The molecule has 4 nitrogen and oxygen atoms in total. The van der Waals surface area contributed by atoms with Crippen molar-refractivity contribution in [2.45, 2.75) is 129 Å². The summed E-state index contributed by atoms with van der Waals surface area (Å²) in [6, 6.07) is 0. The highest BCUT2D eigenvalue weighted by Crippen LogP contribution is 2.20. The fourth-order valence-corrected chi connectivity index (χ4v) is 3.68. The average Bonchev–Trinajstić information content (AvgIpc) is 2.66. The topological polar surface area (TPSA) is 63.6 Å². The normalized spacial score (nSPS) is 12.1. The van der Waals surface area contributed by atoms with Crippen molar-refractivity contribution >= 4 is 11.9 Å². The van der Waals surface area contributed by atoms with Gasteiger partial charge in [-0.15, -0.1) is 0 Å². The molecule has 0 aromatic rings. The lowest BCUT2D eigenvalue weighted by molar-refractivity contribution is -0.161. The first-order valence-electron chi connectivity index (χ1n) is 11.9. The average molecular weight is 399 g/mol. The Morgan fingerprint density at radius 1 is 0.679 bits per heavy atom. The molecule has 0 aromatic carbocycles. The Balaban J connectivity index is 3.50. The fourth-order valence-electron chi connectivity index (χ4n) is 3.68. The van der Waals surface area contributed by atoms with E-state index >= 15 is 0 Å². The molecule has 0 fully saturated rings. The second-order valence-corrected chi connectivity index (χ2v) is 8.21. The number of ether oxygens (including phenoxy) is 1. The Morgan fingerprint density at radius 3 is 1.46 bits per heavy atom. The summed E-state index contributed by atoms with van der Waals surface area (Å²) in [5.74, 6) is -0.921. The third-order valence-electron chi connectivity index (χ3n) is 5.44. The van der Waals surface area contributed by atoms with E-state index < -0.39 is 5.97 Å². The van der Waals surface area contributed by atoms with Crippen LogP contribution in [0.3, 0.4) is 0 Å². The minimum atomic E-state index is -0.492. The van der Waals surface area contributed by atoms with Crippen molar-refractivity contribution in [2.75, 3.05) is 6.61 Å². The molecule has 0 aliphatic rings. The highest BCUT2D eigenvalue weighted by atomic mass is 16.6. The van der Waals surface area contributed by atoms with Crippen LogP contribution in [0.5, 0.6) is 0 Å². The van der Waals surface area contributed by atoms with E-state index in [1.54, 1.807) is 0 Å². The van der Waals surface area contributed by atoms with Crippen LogP contribution >= 0.6 is 0 Å². The molecule has 0 bridgehead atoms. The van der Waals surface area contributed by atoms with Gasteiger partial charge in [0, 0.05) is 13.5 Å². The quantitative estimate of drug-likeness (QED) is 0.140. The van der Waals surface area contributed by atoms with Gasteiger partial charge < -0.3 is 9.84 Å². The molecule has 0 spiro atoms. The van der Waals surface area contributed by atoms with Crippen molar-refractivity contribution < 1.29 is 19.4 Å². The van der Waals surface area contributed by atoms with Gasteiger partial charge in [-0.1, -0.05) is 103 Å². The van der Waals surface area contributed by atoms with Crippen LogP contribution in [0.2, 0.25) is 0 Å². The lowest BCUT2D eigenvalue weighted by Gasteiger charge is -2.14. The van der Waals surface area contributed by atoms with Gasteiger partial charge in [0.2, 0.25) is 0 Å². The molecule has 1 atom stereocenters. The maximum atomic E-state index is 12.0. The van der Waals surface area contributed by atoms with Crippen molar-refractivity contribution in [2.24, 2.45) is 5.92 Å². The van der Waals surface area contributed by atoms with Gasteiger partial charge >= 0.3 is 11.9 Å². The zero-order valence-electron chi connectivity index (χ0n) is 18.7. The number of carbonyl (C=O) groups is 2. The van der Waals surface area contributed by atoms with Gasteiger partial charge in [0.1, 0.15) is 0 Å². The minimum Gasteiger partial charge on any atom is -0.396 e. The predicted molar refractivity (Wildman–Crippen MR) is 116 cm³/mol. The van der Waals surface area contributed by atoms with Crippen LogP contribution in [0.25, 0.3) is 0 Å². The highest BCUT2D eigenvalue weighted by Gasteiger charge is 2.20. The Hall–Kier alpha value is -0.900. The summed E-state index contributed by atoms with van der Waals surface area (Å²) in [6.45, 7) is 3.76. The fraction of sp³-hybridized carbons (Fsp3) is 0.917. The van der Waals surface area contributed by atoms with Crippen LogP contribution in [0.4, 0.5) is 0 Å². The smallest absolute Gasteiger partial charge is 0.316 e. The Morgan fingerprint density at radius 2 is 1.07 bits per heavy atom. The van der Waals surface area contributed by atoms with Crippen LogP contribution in [0.15, 0.2) is 0 Å². The molecule has 4 heteroatoms. The van der Waals surface area contributed by atoms with Gasteiger partial charge in [0.05, 0.1) is 5.92 Å². The van der Waals surface area contributed by atoms with E-state index in [0.29, 0.717) is 6.61 Å². The number of aliphatic hydroxyl groups is 1. The molecule has 0 aliphatic carbocycles. The van der Waals surface area contributed by atoms with E-state index in [9.17, 15) is 9.59 Å². The summed E-state index contributed by atoms with van der Waals surface area (Å²) < 4.78 is 4.80. The van der Waals surface area contributed by atoms with Gasteiger partial charge in [0.25, 0.3) is 0 Å². The van der Waals surface area contributed by atoms with E-state index in [1.807, 2.05) is 0 Å². The second-order valence-electron chi connectivity index (χ2n) is 8.21. The molecular formula is C24H46O4. The minimum absolute atomic E-state index is 0.104. The van der Waals surface area contributed by atoms with Crippen molar-refractivity contribution in [3.05, 3.63) is 0 Å². The predicted octanol–water partition coefficient (Wildman–Crippen LogP) is 6.73. The Bertz CT molecular complexity index is 368. The van der Waals surface area contributed by atoms with Crippen molar-refractivity contribution in [3.8, 4) is 0 Å². The molecule has 0 heterocycles. The monoisotopic (exact) mass is 398 g/mol. The number of hydrogen-bond donors (Lipinski definition) is 1. The second kappa shape index (κ2) is 20.8. The number of rotatable bonds is 20. The van der Waals surface area contributed by atoms with Crippen molar-refractivity contribution in [3.63, 3.8) is 0 Å². The molecular weight excluding hydrogens is 352 g/mol. The van der Waals surface area contributed by atoms with Crippen molar-refractivity contribution in [1.29, 1.82) is 0 Å². The number of hydrogen-bond acceptors (Lipinski definition) is 4. The molecule has 1 N–H and O–H groups in total. The van der Waals surface area contributed by atoms with Gasteiger partial charge in [-0.3, -0.25) is 9.59 Å². The molecule has 0 saturated carbocycles. The van der Waals surface area contributed by atoms with Crippen molar-refractivity contribution in [1.82, 2.24) is 0 Å². The standard InChI is InChI=1S/C24H46O4/c1-3-4-19-23(24(27)28-22(2)26)20-17-15-13-11-9-7-5-6-8-10-12-14-16-18-21-25/h23,25H,3-21H2,1-2H3. The lowest BCUT2D eigenvalue weighted by atomic mass is 9.95. The zero-order valence-corrected chi connectivity index (χ0v) is 18.7. The first-order valence-corrected chi connectivity index (χ1v) is 11.9. The van der Waals surface area contributed by atoms with Gasteiger partial charge in [-0.05, 0) is 19.3 Å². The van der Waals surface area contributed by atoms with E-state index in [-0.39, 0.29) is 11.9 Å². The first-order chi connectivity index (χ1) is 13.6. The van der Waals surface area contributed by atoms with Gasteiger partial charge in [-0.25, -0.2) is 0 Å². The Labute approximate surface area is 173 Å².